The number of hydrogen-bond acceptors (Lipinski definition) is 2. The molecular weight excluding hydrogens is 316 g/mol. The molecule has 0 N–H and O–H groups in total. The van der Waals surface area contributed by atoms with E-state index in [1.807, 2.05) is 6.07 Å². The Morgan fingerprint density at radius 1 is 0.950 bits per heavy atom. The van der Waals surface area contributed by atoms with E-state index in [0.717, 1.165) is 16.0 Å². The van der Waals surface area contributed by atoms with Gasteiger partial charge in [-0.1, -0.05) is 35.8 Å². The third-order valence-corrected chi connectivity index (χ3v) is 4.62. The van der Waals surface area contributed by atoms with Crippen LogP contribution in [-0.2, 0) is 5.41 Å². The molecule has 0 spiro atoms. The van der Waals surface area contributed by atoms with Gasteiger partial charge in [-0.3, -0.25) is 0 Å². The second-order valence-corrected chi connectivity index (χ2v) is 6.48. The standard InChI is InChI=1S/C17H17BrO2/c1-17(2)13-7-10(18)5-6-12(13)16-14(17)8-11(19-3)9-15(16)20-4/h5-9H,1-4H3. The third-order valence-electron chi connectivity index (χ3n) is 4.13. The Balaban J connectivity index is 2.37. The van der Waals surface area contributed by atoms with Crippen molar-refractivity contribution in [2.75, 3.05) is 14.2 Å². The van der Waals surface area contributed by atoms with E-state index in [2.05, 4.69) is 54.0 Å². The van der Waals surface area contributed by atoms with Crippen LogP contribution in [0.1, 0.15) is 25.0 Å². The maximum Gasteiger partial charge on any atom is 0.130 e. The lowest BCUT2D eigenvalue weighted by Gasteiger charge is -2.22. The SMILES string of the molecule is COc1cc(OC)c2c(c1)C(C)(C)c1cc(Br)ccc1-2. The predicted octanol–water partition coefficient (Wildman–Crippen LogP) is 4.77. The molecule has 0 unspecified atom stereocenters. The molecule has 2 nitrogen and oxygen atoms in total. The molecule has 2 aromatic rings. The molecule has 0 bridgehead atoms. The van der Waals surface area contributed by atoms with Crippen molar-refractivity contribution >= 4 is 15.9 Å². The third kappa shape index (κ3) is 1.76. The topological polar surface area (TPSA) is 18.5 Å². The highest BCUT2D eigenvalue weighted by molar-refractivity contribution is 9.10. The second-order valence-electron chi connectivity index (χ2n) is 5.57. The fraction of sp³-hybridized carbons (Fsp3) is 0.294. The second kappa shape index (κ2) is 4.52. The molecule has 3 rings (SSSR count). The number of hydrogen-bond donors (Lipinski definition) is 0. The van der Waals surface area contributed by atoms with Gasteiger partial charge >= 0.3 is 0 Å². The molecule has 1 aliphatic carbocycles. The van der Waals surface area contributed by atoms with Gasteiger partial charge in [0.15, 0.2) is 0 Å². The minimum atomic E-state index is -0.0593. The molecule has 1 aliphatic rings. The minimum Gasteiger partial charge on any atom is -0.497 e. The first-order valence-corrected chi connectivity index (χ1v) is 7.35. The van der Waals surface area contributed by atoms with Crippen LogP contribution in [0.4, 0.5) is 0 Å². The van der Waals surface area contributed by atoms with Crippen LogP contribution in [0.3, 0.4) is 0 Å². The molecule has 0 atom stereocenters. The summed E-state index contributed by atoms with van der Waals surface area (Å²) in [7, 11) is 3.39. The lowest BCUT2D eigenvalue weighted by molar-refractivity contribution is 0.394. The quantitative estimate of drug-likeness (QED) is 0.788. The highest BCUT2D eigenvalue weighted by Gasteiger charge is 2.38. The molecule has 0 saturated carbocycles. The summed E-state index contributed by atoms with van der Waals surface area (Å²) < 4.78 is 12.1. The molecule has 0 heterocycles. The number of rotatable bonds is 2. The summed E-state index contributed by atoms with van der Waals surface area (Å²) in [6, 6.07) is 10.5. The first kappa shape index (κ1) is 13.5. The number of benzene rings is 2. The zero-order valence-corrected chi connectivity index (χ0v) is 13.7. The number of methoxy groups -OCH3 is 2. The van der Waals surface area contributed by atoms with Crippen molar-refractivity contribution in [1.82, 2.24) is 0 Å². The van der Waals surface area contributed by atoms with E-state index < -0.39 is 0 Å². The first-order chi connectivity index (χ1) is 9.48. The summed E-state index contributed by atoms with van der Waals surface area (Å²) in [6.45, 7) is 4.48. The van der Waals surface area contributed by atoms with Crippen LogP contribution in [0.15, 0.2) is 34.8 Å². The summed E-state index contributed by atoms with van der Waals surface area (Å²) in [5.41, 5.74) is 4.93. The van der Waals surface area contributed by atoms with Crippen molar-refractivity contribution < 1.29 is 9.47 Å². The van der Waals surface area contributed by atoms with Crippen LogP contribution in [0.25, 0.3) is 11.1 Å². The van der Waals surface area contributed by atoms with E-state index in [1.165, 1.54) is 22.3 Å². The molecule has 0 aromatic heterocycles. The van der Waals surface area contributed by atoms with Crippen molar-refractivity contribution in [2.24, 2.45) is 0 Å². The Hall–Kier alpha value is -1.48. The van der Waals surface area contributed by atoms with Crippen LogP contribution in [0.5, 0.6) is 11.5 Å². The van der Waals surface area contributed by atoms with Gasteiger partial charge in [0.25, 0.3) is 0 Å². The highest BCUT2D eigenvalue weighted by Crippen LogP contribution is 2.53. The van der Waals surface area contributed by atoms with Crippen molar-refractivity contribution in [2.45, 2.75) is 19.3 Å². The lowest BCUT2D eigenvalue weighted by Crippen LogP contribution is -2.15. The van der Waals surface area contributed by atoms with Gasteiger partial charge in [0.1, 0.15) is 11.5 Å². The summed E-state index contributed by atoms with van der Waals surface area (Å²) in [5.74, 6) is 1.70. The van der Waals surface area contributed by atoms with Gasteiger partial charge in [0, 0.05) is 21.5 Å². The van der Waals surface area contributed by atoms with Gasteiger partial charge < -0.3 is 9.47 Å². The average Bonchev–Trinajstić information content (AvgIpc) is 2.66. The monoisotopic (exact) mass is 332 g/mol. The molecule has 0 amide bonds. The minimum absolute atomic E-state index is 0.0593. The van der Waals surface area contributed by atoms with Gasteiger partial charge in [0.05, 0.1) is 14.2 Å². The Bertz CT molecular complexity index is 690. The summed E-state index contributed by atoms with van der Waals surface area (Å²) in [5, 5.41) is 0. The van der Waals surface area contributed by atoms with Gasteiger partial charge in [0.2, 0.25) is 0 Å². The van der Waals surface area contributed by atoms with Crippen molar-refractivity contribution in [1.29, 1.82) is 0 Å². The van der Waals surface area contributed by atoms with Crippen LogP contribution in [0.2, 0.25) is 0 Å². The van der Waals surface area contributed by atoms with E-state index in [1.54, 1.807) is 14.2 Å². The van der Waals surface area contributed by atoms with Gasteiger partial charge in [-0.15, -0.1) is 0 Å². The Morgan fingerprint density at radius 3 is 2.35 bits per heavy atom. The molecule has 0 aliphatic heterocycles. The maximum absolute atomic E-state index is 5.59. The predicted molar refractivity (Wildman–Crippen MR) is 84.8 cm³/mol. The number of fused-ring (bicyclic) bond motifs is 3. The largest absolute Gasteiger partial charge is 0.497 e. The van der Waals surface area contributed by atoms with Crippen LogP contribution < -0.4 is 9.47 Å². The number of ether oxygens (including phenoxy) is 2. The van der Waals surface area contributed by atoms with Crippen molar-refractivity contribution in [3.8, 4) is 22.6 Å². The Morgan fingerprint density at radius 2 is 1.70 bits per heavy atom. The van der Waals surface area contributed by atoms with Crippen LogP contribution in [-0.4, -0.2) is 14.2 Å². The summed E-state index contributed by atoms with van der Waals surface area (Å²) in [4.78, 5) is 0. The normalized spacial score (nSPS) is 14.7. The van der Waals surface area contributed by atoms with Crippen molar-refractivity contribution in [3.05, 3.63) is 45.9 Å². The zero-order valence-electron chi connectivity index (χ0n) is 12.1. The Kier molecular flexibility index (Phi) is 3.05. The molecule has 3 heteroatoms. The highest BCUT2D eigenvalue weighted by atomic mass is 79.9. The van der Waals surface area contributed by atoms with Gasteiger partial charge in [-0.2, -0.15) is 0 Å². The molecule has 0 saturated heterocycles. The van der Waals surface area contributed by atoms with Crippen molar-refractivity contribution in [3.63, 3.8) is 0 Å². The number of halogens is 1. The molecule has 0 radical (unpaired) electrons. The van der Waals surface area contributed by atoms with E-state index >= 15 is 0 Å². The fourth-order valence-corrected chi connectivity index (χ4v) is 3.40. The zero-order chi connectivity index (χ0) is 14.5. The smallest absolute Gasteiger partial charge is 0.130 e. The summed E-state index contributed by atoms with van der Waals surface area (Å²) >= 11 is 3.57. The average molecular weight is 333 g/mol. The maximum atomic E-state index is 5.59. The van der Waals surface area contributed by atoms with E-state index in [4.69, 9.17) is 9.47 Å². The summed E-state index contributed by atoms with van der Waals surface area (Å²) in [6.07, 6.45) is 0. The van der Waals surface area contributed by atoms with Gasteiger partial charge in [-0.25, -0.2) is 0 Å². The van der Waals surface area contributed by atoms with Crippen LogP contribution in [0, 0.1) is 0 Å². The van der Waals surface area contributed by atoms with E-state index in [9.17, 15) is 0 Å². The molecule has 2 aromatic carbocycles. The molecular formula is C17H17BrO2. The molecule has 104 valence electrons. The molecule has 0 fully saturated rings. The van der Waals surface area contributed by atoms with E-state index in [-0.39, 0.29) is 5.41 Å². The van der Waals surface area contributed by atoms with Gasteiger partial charge in [-0.05, 0) is 34.9 Å². The molecule has 20 heavy (non-hydrogen) atoms. The Labute approximate surface area is 127 Å². The van der Waals surface area contributed by atoms with E-state index in [0.29, 0.717) is 0 Å². The lowest BCUT2D eigenvalue weighted by atomic mass is 9.82. The van der Waals surface area contributed by atoms with Crippen LogP contribution >= 0.6 is 15.9 Å². The first-order valence-electron chi connectivity index (χ1n) is 6.56. The fourth-order valence-electron chi connectivity index (χ4n) is 3.04.